The molecule has 0 saturated heterocycles. The van der Waals surface area contributed by atoms with Crippen LogP contribution in [0.1, 0.15) is 31.7 Å². The van der Waals surface area contributed by atoms with E-state index in [1.165, 1.54) is 6.92 Å². The molecule has 3 atom stereocenters. The van der Waals surface area contributed by atoms with E-state index in [1.54, 1.807) is 24.3 Å². The average molecular weight is 314 g/mol. The number of nitrogens with one attached hydrogen (secondary N) is 2. The minimum atomic E-state index is -0.612. The summed E-state index contributed by atoms with van der Waals surface area (Å²) in [5.74, 6) is 0.376. The van der Waals surface area contributed by atoms with E-state index in [-0.39, 0.29) is 23.1 Å². The maximum absolute atomic E-state index is 12.7. The van der Waals surface area contributed by atoms with Gasteiger partial charge in [0.15, 0.2) is 0 Å². The average Bonchev–Trinajstić information content (AvgIpc) is 3.08. The number of carbonyl (C=O) groups excluding carboxylic acids is 2. The van der Waals surface area contributed by atoms with Crippen LogP contribution in [-0.4, -0.2) is 28.5 Å². The molecule has 0 radical (unpaired) electrons. The van der Waals surface area contributed by atoms with Crippen molar-refractivity contribution >= 4 is 11.8 Å². The molecule has 0 aromatic heterocycles. The monoisotopic (exact) mass is 314 g/mol. The molecule has 3 N–H and O–H groups in total. The second-order valence-electron chi connectivity index (χ2n) is 6.63. The summed E-state index contributed by atoms with van der Waals surface area (Å²) in [4.78, 5) is 24.1. The number of allylic oxidation sites excluding steroid dienone is 1. The van der Waals surface area contributed by atoms with Gasteiger partial charge in [-0.2, -0.15) is 0 Å². The molecule has 5 heteroatoms. The van der Waals surface area contributed by atoms with E-state index in [1.807, 2.05) is 0 Å². The number of hydrogen-bond donors (Lipinski definition) is 3. The van der Waals surface area contributed by atoms with Gasteiger partial charge in [-0.25, -0.2) is 0 Å². The molecule has 5 nitrogen and oxygen atoms in total. The standard InChI is InChI=1S/C18H22N2O3/c1-12(21)19-16(10-13-2-4-15(22)5-3-13)17(23)20-18-8-6-14(11-18)7-9-18/h2-6,8,14,16,22H,7,9-11H2,1H3,(H,19,21)(H,20,23)/t14?,16-,18?/m0/s1. The molecule has 1 aromatic rings. The van der Waals surface area contributed by atoms with Gasteiger partial charge in [0.1, 0.15) is 11.8 Å². The predicted molar refractivity (Wildman–Crippen MR) is 86.8 cm³/mol. The highest BCUT2D eigenvalue weighted by molar-refractivity contribution is 5.87. The molecule has 23 heavy (non-hydrogen) atoms. The van der Waals surface area contributed by atoms with Crippen LogP contribution in [0, 0.1) is 5.92 Å². The summed E-state index contributed by atoms with van der Waals surface area (Å²) in [6.45, 7) is 1.41. The SMILES string of the molecule is CC(=O)N[C@@H](Cc1ccc(O)cc1)C(=O)NC12C=CC(CC1)C2. The molecule has 2 bridgehead atoms. The first kappa shape index (κ1) is 15.6. The number of phenols is 1. The normalized spacial score (nSPS) is 26.0. The Balaban J connectivity index is 1.70. The third-order valence-corrected chi connectivity index (χ3v) is 4.72. The molecule has 2 amide bonds. The molecule has 1 aromatic carbocycles. The van der Waals surface area contributed by atoms with Gasteiger partial charge in [-0.1, -0.05) is 24.3 Å². The summed E-state index contributed by atoms with van der Waals surface area (Å²) < 4.78 is 0. The summed E-state index contributed by atoms with van der Waals surface area (Å²) in [7, 11) is 0. The van der Waals surface area contributed by atoms with E-state index in [4.69, 9.17) is 0 Å². The van der Waals surface area contributed by atoms with Gasteiger partial charge in [0.05, 0.1) is 5.54 Å². The number of amides is 2. The maximum atomic E-state index is 12.7. The second-order valence-corrected chi connectivity index (χ2v) is 6.63. The highest BCUT2D eigenvalue weighted by Crippen LogP contribution is 2.42. The topological polar surface area (TPSA) is 78.4 Å². The number of benzene rings is 1. The summed E-state index contributed by atoms with van der Waals surface area (Å²) in [6.07, 6.45) is 7.72. The lowest BCUT2D eigenvalue weighted by Crippen LogP contribution is -2.54. The molecular weight excluding hydrogens is 292 g/mol. The molecule has 1 fully saturated rings. The predicted octanol–water partition coefficient (Wildman–Crippen LogP) is 1.66. The Labute approximate surface area is 135 Å². The van der Waals surface area contributed by atoms with E-state index in [9.17, 15) is 14.7 Å². The number of rotatable bonds is 5. The van der Waals surface area contributed by atoms with Crippen molar-refractivity contribution in [2.24, 2.45) is 5.92 Å². The summed E-state index contributed by atoms with van der Waals surface area (Å²) in [5.41, 5.74) is 0.661. The number of aromatic hydroxyl groups is 1. The minimum Gasteiger partial charge on any atom is -0.508 e. The number of fused-ring (bicyclic) bond motifs is 2. The van der Waals surface area contributed by atoms with E-state index in [0.29, 0.717) is 12.3 Å². The Kier molecular flexibility index (Phi) is 4.11. The van der Waals surface area contributed by atoms with Gasteiger partial charge in [-0.15, -0.1) is 0 Å². The zero-order chi connectivity index (χ0) is 16.4. The van der Waals surface area contributed by atoms with E-state index in [2.05, 4.69) is 22.8 Å². The molecule has 0 heterocycles. The van der Waals surface area contributed by atoms with E-state index < -0.39 is 6.04 Å². The first-order valence-electron chi connectivity index (χ1n) is 8.02. The van der Waals surface area contributed by atoms with E-state index in [0.717, 1.165) is 24.8 Å². The molecular formula is C18H22N2O3. The summed E-state index contributed by atoms with van der Waals surface area (Å²) >= 11 is 0. The third-order valence-electron chi connectivity index (χ3n) is 4.72. The Hall–Kier alpha value is -2.30. The van der Waals surface area contributed by atoms with Gasteiger partial charge in [-0.3, -0.25) is 9.59 Å². The van der Waals surface area contributed by atoms with Crippen LogP contribution in [-0.2, 0) is 16.0 Å². The zero-order valence-electron chi connectivity index (χ0n) is 13.2. The Bertz CT molecular complexity index is 638. The summed E-state index contributed by atoms with van der Waals surface area (Å²) in [5, 5.41) is 15.2. The first-order valence-corrected chi connectivity index (χ1v) is 8.02. The van der Waals surface area contributed by atoms with Gasteiger partial charge in [0.25, 0.3) is 0 Å². The highest BCUT2D eigenvalue weighted by atomic mass is 16.3. The van der Waals surface area contributed by atoms with Crippen LogP contribution < -0.4 is 10.6 Å². The lowest BCUT2D eigenvalue weighted by atomic mass is 9.97. The fraction of sp³-hybridized carbons (Fsp3) is 0.444. The highest BCUT2D eigenvalue weighted by Gasteiger charge is 2.42. The third kappa shape index (κ3) is 3.55. The van der Waals surface area contributed by atoms with Gasteiger partial charge < -0.3 is 15.7 Å². The van der Waals surface area contributed by atoms with Crippen LogP contribution >= 0.6 is 0 Å². The van der Waals surface area contributed by atoms with Crippen molar-refractivity contribution < 1.29 is 14.7 Å². The van der Waals surface area contributed by atoms with Gasteiger partial charge >= 0.3 is 0 Å². The molecule has 2 aliphatic rings. The molecule has 2 aliphatic carbocycles. The maximum Gasteiger partial charge on any atom is 0.243 e. The van der Waals surface area contributed by atoms with Crippen LogP contribution in [0.25, 0.3) is 0 Å². The number of carbonyl (C=O) groups is 2. The smallest absolute Gasteiger partial charge is 0.243 e. The van der Waals surface area contributed by atoms with Crippen LogP contribution in [0.4, 0.5) is 0 Å². The van der Waals surface area contributed by atoms with E-state index >= 15 is 0 Å². The van der Waals surface area contributed by atoms with Crippen molar-refractivity contribution in [3.05, 3.63) is 42.0 Å². The molecule has 0 spiro atoms. The second kappa shape index (κ2) is 6.07. The Morgan fingerprint density at radius 2 is 2.09 bits per heavy atom. The number of hydrogen-bond acceptors (Lipinski definition) is 3. The van der Waals surface area contributed by atoms with Gasteiger partial charge in [-0.05, 0) is 42.9 Å². The van der Waals surface area contributed by atoms with Crippen molar-refractivity contribution in [2.45, 2.75) is 44.2 Å². The van der Waals surface area contributed by atoms with Crippen molar-refractivity contribution in [1.29, 1.82) is 0 Å². The fourth-order valence-corrected chi connectivity index (χ4v) is 3.56. The molecule has 1 saturated carbocycles. The molecule has 2 unspecified atom stereocenters. The quantitative estimate of drug-likeness (QED) is 0.723. The van der Waals surface area contributed by atoms with Crippen LogP contribution in [0.5, 0.6) is 5.75 Å². The van der Waals surface area contributed by atoms with Crippen molar-refractivity contribution in [2.75, 3.05) is 0 Å². The van der Waals surface area contributed by atoms with Crippen molar-refractivity contribution in [3.8, 4) is 5.75 Å². The Morgan fingerprint density at radius 3 is 2.61 bits per heavy atom. The van der Waals surface area contributed by atoms with Crippen molar-refractivity contribution in [3.63, 3.8) is 0 Å². The number of phenolic OH excluding ortho intramolecular Hbond substituents is 1. The summed E-state index contributed by atoms with van der Waals surface area (Å²) in [6, 6.07) is 6.07. The molecule has 0 aliphatic heterocycles. The van der Waals surface area contributed by atoms with Crippen LogP contribution in [0.3, 0.4) is 0 Å². The lowest BCUT2D eigenvalue weighted by molar-refractivity contribution is -0.129. The molecule has 3 rings (SSSR count). The van der Waals surface area contributed by atoms with Crippen LogP contribution in [0.15, 0.2) is 36.4 Å². The van der Waals surface area contributed by atoms with Gasteiger partial charge in [0, 0.05) is 13.3 Å². The zero-order valence-corrected chi connectivity index (χ0v) is 13.2. The lowest BCUT2D eigenvalue weighted by Gasteiger charge is -2.28. The molecule has 122 valence electrons. The fourth-order valence-electron chi connectivity index (χ4n) is 3.56. The first-order chi connectivity index (χ1) is 11.0. The van der Waals surface area contributed by atoms with Crippen molar-refractivity contribution in [1.82, 2.24) is 10.6 Å². The van der Waals surface area contributed by atoms with Gasteiger partial charge in [0.2, 0.25) is 11.8 Å². The minimum absolute atomic E-state index is 0.152. The Morgan fingerprint density at radius 1 is 1.35 bits per heavy atom. The largest absolute Gasteiger partial charge is 0.508 e. The van der Waals surface area contributed by atoms with Crippen LogP contribution in [0.2, 0.25) is 0 Å².